The SMILES string of the molecule is C=CCO[C@H]1CO[C@H]([C@@H](COC(C)=O)OC(C)=O)[C@@H]1OC(C)=O. The van der Waals surface area contributed by atoms with Crippen molar-refractivity contribution in [3.05, 3.63) is 12.7 Å². The molecule has 23 heavy (non-hydrogen) atoms. The highest BCUT2D eigenvalue weighted by molar-refractivity contribution is 5.67. The van der Waals surface area contributed by atoms with Gasteiger partial charge in [0.05, 0.1) is 13.2 Å². The van der Waals surface area contributed by atoms with Crippen LogP contribution in [0.3, 0.4) is 0 Å². The first kappa shape index (κ1) is 19.1. The summed E-state index contributed by atoms with van der Waals surface area (Å²) in [6.45, 7) is 7.46. The van der Waals surface area contributed by atoms with Gasteiger partial charge in [0, 0.05) is 20.8 Å². The molecule has 0 aromatic heterocycles. The fourth-order valence-corrected chi connectivity index (χ4v) is 2.20. The van der Waals surface area contributed by atoms with Crippen molar-refractivity contribution in [2.24, 2.45) is 0 Å². The van der Waals surface area contributed by atoms with Crippen LogP contribution in [0.1, 0.15) is 20.8 Å². The number of esters is 3. The van der Waals surface area contributed by atoms with Crippen molar-refractivity contribution in [2.75, 3.05) is 19.8 Å². The lowest BCUT2D eigenvalue weighted by Gasteiger charge is -2.28. The third kappa shape index (κ3) is 6.37. The highest BCUT2D eigenvalue weighted by Gasteiger charge is 2.46. The minimum Gasteiger partial charge on any atom is -0.462 e. The number of hydrogen-bond donors (Lipinski definition) is 0. The van der Waals surface area contributed by atoms with Crippen molar-refractivity contribution in [3.63, 3.8) is 0 Å². The highest BCUT2D eigenvalue weighted by atomic mass is 16.6. The standard InChI is InChI=1S/C15H22O8/c1-5-6-19-12-7-21-14(15(12)23-11(4)18)13(22-10(3)17)8-20-9(2)16/h5,12-15H,1,6-8H2,2-4H3/t12-,13+,14+,15+/m0/s1. The molecule has 0 bridgehead atoms. The Bertz CT molecular complexity index is 447. The molecule has 1 rings (SSSR count). The predicted molar refractivity (Wildman–Crippen MR) is 77.4 cm³/mol. The smallest absolute Gasteiger partial charge is 0.303 e. The molecule has 1 heterocycles. The molecular formula is C15H22O8. The zero-order valence-corrected chi connectivity index (χ0v) is 13.5. The lowest BCUT2D eigenvalue weighted by Crippen LogP contribution is -2.46. The topological polar surface area (TPSA) is 97.4 Å². The second kappa shape index (κ2) is 9.26. The summed E-state index contributed by atoms with van der Waals surface area (Å²) in [4.78, 5) is 33.6. The Morgan fingerprint density at radius 3 is 2.43 bits per heavy atom. The molecule has 8 heteroatoms. The van der Waals surface area contributed by atoms with Crippen molar-refractivity contribution >= 4 is 17.9 Å². The number of carbonyl (C=O) groups excluding carboxylic acids is 3. The van der Waals surface area contributed by atoms with E-state index in [1.165, 1.54) is 20.8 Å². The molecule has 0 radical (unpaired) electrons. The van der Waals surface area contributed by atoms with Gasteiger partial charge in [-0.2, -0.15) is 0 Å². The van der Waals surface area contributed by atoms with Gasteiger partial charge < -0.3 is 23.7 Å². The zero-order valence-electron chi connectivity index (χ0n) is 13.5. The highest BCUT2D eigenvalue weighted by Crippen LogP contribution is 2.25. The summed E-state index contributed by atoms with van der Waals surface area (Å²) in [6.07, 6.45) is -1.46. The largest absolute Gasteiger partial charge is 0.462 e. The predicted octanol–water partition coefficient (Wildman–Crippen LogP) is 0.383. The fourth-order valence-electron chi connectivity index (χ4n) is 2.20. The molecule has 8 nitrogen and oxygen atoms in total. The van der Waals surface area contributed by atoms with Crippen LogP contribution < -0.4 is 0 Å². The van der Waals surface area contributed by atoms with Gasteiger partial charge in [-0.3, -0.25) is 14.4 Å². The first-order valence-electron chi connectivity index (χ1n) is 7.17. The average molecular weight is 330 g/mol. The van der Waals surface area contributed by atoms with Crippen LogP contribution in [0.4, 0.5) is 0 Å². The molecule has 0 aromatic rings. The van der Waals surface area contributed by atoms with E-state index in [9.17, 15) is 14.4 Å². The van der Waals surface area contributed by atoms with Crippen LogP contribution in [0.25, 0.3) is 0 Å². The van der Waals surface area contributed by atoms with Crippen LogP contribution >= 0.6 is 0 Å². The monoisotopic (exact) mass is 330 g/mol. The Morgan fingerprint density at radius 2 is 1.91 bits per heavy atom. The van der Waals surface area contributed by atoms with Crippen molar-refractivity contribution in [3.8, 4) is 0 Å². The number of carbonyl (C=O) groups is 3. The van der Waals surface area contributed by atoms with Crippen molar-refractivity contribution in [1.82, 2.24) is 0 Å². The van der Waals surface area contributed by atoms with Crippen LogP contribution in [0.2, 0.25) is 0 Å². The lowest BCUT2D eigenvalue weighted by atomic mass is 10.1. The summed E-state index contributed by atoms with van der Waals surface area (Å²) in [5.41, 5.74) is 0. The summed E-state index contributed by atoms with van der Waals surface area (Å²) < 4.78 is 26.4. The lowest BCUT2D eigenvalue weighted by molar-refractivity contribution is -0.174. The van der Waals surface area contributed by atoms with Crippen LogP contribution in [0.15, 0.2) is 12.7 Å². The van der Waals surface area contributed by atoms with Crippen molar-refractivity contribution in [1.29, 1.82) is 0 Å². The Kier molecular flexibility index (Phi) is 7.70. The Balaban J connectivity index is 2.86. The molecule has 0 aromatic carbocycles. The van der Waals surface area contributed by atoms with E-state index in [0.29, 0.717) is 0 Å². The van der Waals surface area contributed by atoms with Gasteiger partial charge in [0.25, 0.3) is 0 Å². The molecule has 1 saturated heterocycles. The van der Waals surface area contributed by atoms with Gasteiger partial charge >= 0.3 is 17.9 Å². The third-order valence-corrected chi connectivity index (χ3v) is 3.01. The average Bonchev–Trinajstić information content (AvgIpc) is 2.82. The van der Waals surface area contributed by atoms with E-state index in [1.54, 1.807) is 6.08 Å². The number of ether oxygens (including phenoxy) is 5. The summed E-state index contributed by atoms with van der Waals surface area (Å²) in [5.74, 6) is -1.61. The fraction of sp³-hybridized carbons (Fsp3) is 0.667. The summed E-state index contributed by atoms with van der Waals surface area (Å²) in [6, 6.07) is 0. The van der Waals surface area contributed by atoms with Crippen LogP contribution in [-0.2, 0) is 38.1 Å². The van der Waals surface area contributed by atoms with Crippen LogP contribution in [0, 0.1) is 0 Å². The molecule has 1 aliphatic rings. The van der Waals surface area contributed by atoms with Gasteiger partial charge in [0.15, 0.2) is 12.2 Å². The third-order valence-electron chi connectivity index (χ3n) is 3.01. The molecule has 0 N–H and O–H groups in total. The van der Waals surface area contributed by atoms with Gasteiger partial charge in [-0.1, -0.05) is 6.08 Å². The quantitative estimate of drug-likeness (QED) is 0.358. The maximum atomic E-state index is 11.3. The molecule has 130 valence electrons. The van der Waals surface area contributed by atoms with E-state index in [-0.39, 0.29) is 19.8 Å². The van der Waals surface area contributed by atoms with Gasteiger partial charge in [0.2, 0.25) is 0 Å². The van der Waals surface area contributed by atoms with E-state index in [1.807, 2.05) is 0 Å². The maximum Gasteiger partial charge on any atom is 0.303 e. The van der Waals surface area contributed by atoms with E-state index in [0.717, 1.165) is 0 Å². The zero-order chi connectivity index (χ0) is 17.4. The molecule has 1 fully saturated rings. The molecule has 0 aliphatic carbocycles. The van der Waals surface area contributed by atoms with Gasteiger partial charge in [0.1, 0.15) is 18.8 Å². The van der Waals surface area contributed by atoms with E-state index < -0.39 is 42.3 Å². The van der Waals surface area contributed by atoms with Crippen LogP contribution in [0.5, 0.6) is 0 Å². The normalized spacial score (nSPS) is 24.6. The Labute approximate surface area is 134 Å². The molecule has 0 saturated carbocycles. The minimum atomic E-state index is -0.905. The minimum absolute atomic E-state index is 0.147. The van der Waals surface area contributed by atoms with Gasteiger partial charge in [-0.05, 0) is 0 Å². The molecule has 0 amide bonds. The van der Waals surface area contributed by atoms with Gasteiger partial charge in [-0.25, -0.2) is 0 Å². The first-order chi connectivity index (χ1) is 10.8. The second-order valence-corrected chi connectivity index (χ2v) is 4.98. The van der Waals surface area contributed by atoms with Crippen molar-refractivity contribution < 1.29 is 38.1 Å². The molecule has 0 spiro atoms. The first-order valence-corrected chi connectivity index (χ1v) is 7.17. The van der Waals surface area contributed by atoms with Gasteiger partial charge in [-0.15, -0.1) is 6.58 Å². The Morgan fingerprint density at radius 1 is 1.22 bits per heavy atom. The van der Waals surface area contributed by atoms with E-state index in [2.05, 4.69) is 6.58 Å². The molecular weight excluding hydrogens is 308 g/mol. The van der Waals surface area contributed by atoms with E-state index >= 15 is 0 Å². The van der Waals surface area contributed by atoms with Crippen LogP contribution in [-0.4, -0.2) is 62.1 Å². The summed E-state index contributed by atoms with van der Waals surface area (Å²) in [7, 11) is 0. The number of hydrogen-bond acceptors (Lipinski definition) is 8. The van der Waals surface area contributed by atoms with E-state index in [4.69, 9.17) is 23.7 Å². The molecule has 0 unspecified atom stereocenters. The van der Waals surface area contributed by atoms with Crippen molar-refractivity contribution in [2.45, 2.75) is 45.2 Å². The summed E-state index contributed by atoms with van der Waals surface area (Å²) >= 11 is 0. The summed E-state index contributed by atoms with van der Waals surface area (Å²) in [5, 5.41) is 0. The maximum absolute atomic E-state index is 11.3. The Hall–Kier alpha value is -1.93. The molecule has 4 atom stereocenters. The number of rotatable bonds is 8. The molecule has 1 aliphatic heterocycles. The second-order valence-electron chi connectivity index (χ2n) is 4.98.